The highest BCUT2D eigenvalue weighted by molar-refractivity contribution is 6.06. The maximum atomic E-state index is 11.5. The topological polar surface area (TPSA) is 37.3 Å². The Morgan fingerprint density at radius 1 is 1.36 bits per heavy atom. The molecule has 0 aromatic heterocycles. The summed E-state index contributed by atoms with van der Waals surface area (Å²) in [5.74, 6) is 0.215. The SMILES string of the molecule is CC(C)/C=C/C(=O)c1ccccc1O. The summed E-state index contributed by atoms with van der Waals surface area (Å²) in [6.45, 7) is 3.99. The van der Waals surface area contributed by atoms with Crippen LogP contribution in [0.4, 0.5) is 0 Å². The molecule has 0 unspecified atom stereocenters. The fraction of sp³-hybridized carbons (Fsp3) is 0.250. The van der Waals surface area contributed by atoms with Gasteiger partial charge in [-0.25, -0.2) is 0 Å². The van der Waals surface area contributed by atoms with E-state index in [2.05, 4.69) is 0 Å². The van der Waals surface area contributed by atoms with Gasteiger partial charge in [0.2, 0.25) is 0 Å². The van der Waals surface area contributed by atoms with Crippen LogP contribution in [-0.4, -0.2) is 10.9 Å². The van der Waals surface area contributed by atoms with Gasteiger partial charge >= 0.3 is 0 Å². The van der Waals surface area contributed by atoms with Crippen LogP contribution in [0.2, 0.25) is 0 Å². The number of rotatable bonds is 3. The third-order valence-electron chi connectivity index (χ3n) is 1.80. The molecule has 1 N–H and O–H groups in total. The molecule has 0 atom stereocenters. The summed E-state index contributed by atoms with van der Waals surface area (Å²) in [4.78, 5) is 11.5. The Kier molecular flexibility index (Phi) is 3.46. The van der Waals surface area contributed by atoms with Crippen molar-refractivity contribution in [3.05, 3.63) is 42.0 Å². The van der Waals surface area contributed by atoms with Crippen LogP contribution in [0.3, 0.4) is 0 Å². The van der Waals surface area contributed by atoms with Crippen LogP contribution in [0.25, 0.3) is 0 Å². The summed E-state index contributed by atoms with van der Waals surface area (Å²) in [5.41, 5.74) is 0.351. The average molecular weight is 190 g/mol. The standard InChI is InChI=1S/C12H14O2/c1-9(2)7-8-12(14)10-5-3-4-6-11(10)13/h3-9,13H,1-2H3/b8-7+. The minimum Gasteiger partial charge on any atom is -0.507 e. The number of ketones is 1. The quantitative estimate of drug-likeness (QED) is 0.587. The zero-order valence-electron chi connectivity index (χ0n) is 8.40. The van der Waals surface area contributed by atoms with Crippen molar-refractivity contribution in [2.24, 2.45) is 5.92 Å². The summed E-state index contributed by atoms with van der Waals surface area (Å²) in [7, 11) is 0. The summed E-state index contributed by atoms with van der Waals surface area (Å²) in [6.07, 6.45) is 3.31. The van der Waals surface area contributed by atoms with Crippen LogP contribution < -0.4 is 0 Å². The van der Waals surface area contributed by atoms with E-state index >= 15 is 0 Å². The van der Waals surface area contributed by atoms with Gasteiger partial charge in [-0.1, -0.05) is 32.1 Å². The van der Waals surface area contributed by atoms with E-state index in [0.717, 1.165) is 0 Å². The highest BCUT2D eigenvalue weighted by Gasteiger charge is 2.06. The van der Waals surface area contributed by atoms with Gasteiger partial charge in [-0.3, -0.25) is 4.79 Å². The molecule has 1 aromatic rings. The Hall–Kier alpha value is -1.57. The van der Waals surface area contributed by atoms with E-state index in [1.807, 2.05) is 19.9 Å². The van der Waals surface area contributed by atoms with Gasteiger partial charge in [0.25, 0.3) is 0 Å². The molecule has 0 radical (unpaired) electrons. The Morgan fingerprint density at radius 2 is 2.00 bits per heavy atom. The van der Waals surface area contributed by atoms with E-state index in [1.54, 1.807) is 18.2 Å². The lowest BCUT2D eigenvalue weighted by Gasteiger charge is -1.99. The maximum Gasteiger partial charge on any atom is 0.189 e. The molecule has 0 fully saturated rings. The summed E-state index contributed by atoms with van der Waals surface area (Å²) < 4.78 is 0. The lowest BCUT2D eigenvalue weighted by molar-refractivity contribution is 0.104. The fourth-order valence-electron chi connectivity index (χ4n) is 1.05. The predicted molar refractivity (Wildman–Crippen MR) is 56.4 cm³/mol. The Labute approximate surface area is 83.9 Å². The minimum absolute atomic E-state index is 0.0332. The molecule has 2 nitrogen and oxygen atoms in total. The summed E-state index contributed by atoms with van der Waals surface area (Å²) in [5, 5.41) is 9.39. The first kappa shape index (κ1) is 10.5. The Morgan fingerprint density at radius 3 is 2.57 bits per heavy atom. The third kappa shape index (κ3) is 2.73. The van der Waals surface area contributed by atoms with Crippen molar-refractivity contribution in [3.63, 3.8) is 0 Å². The van der Waals surface area contributed by atoms with Gasteiger partial charge in [-0.15, -0.1) is 0 Å². The molecule has 2 heteroatoms. The van der Waals surface area contributed by atoms with Gasteiger partial charge in [0.05, 0.1) is 5.56 Å². The molecule has 0 heterocycles. The second-order valence-electron chi connectivity index (χ2n) is 3.48. The van der Waals surface area contributed by atoms with Crippen LogP contribution in [0.15, 0.2) is 36.4 Å². The number of para-hydroxylation sites is 1. The number of allylic oxidation sites excluding steroid dienone is 2. The van der Waals surface area contributed by atoms with Crippen molar-refractivity contribution in [1.29, 1.82) is 0 Å². The minimum atomic E-state index is -0.156. The van der Waals surface area contributed by atoms with E-state index < -0.39 is 0 Å². The highest BCUT2D eigenvalue weighted by atomic mass is 16.3. The number of benzene rings is 1. The van der Waals surface area contributed by atoms with Crippen LogP contribution in [0, 0.1) is 5.92 Å². The third-order valence-corrected chi connectivity index (χ3v) is 1.80. The van der Waals surface area contributed by atoms with Gasteiger partial charge in [0.15, 0.2) is 5.78 Å². The molecule has 0 saturated heterocycles. The molecule has 0 saturated carbocycles. The number of hydrogen-bond acceptors (Lipinski definition) is 2. The number of carbonyl (C=O) groups excluding carboxylic acids is 1. The number of hydrogen-bond donors (Lipinski definition) is 1. The zero-order valence-corrected chi connectivity index (χ0v) is 8.40. The smallest absolute Gasteiger partial charge is 0.189 e. The van der Waals surface area contributed by atoms with Crippen LogP contribution in [-0.2, 0) is 0 Å². The monoisotopic (exact) mass is 190 g/mol. The van der Waals surface area contributed by atoms with Gasteiger partial charge in [-0.2, -0.15) is 0 Å². The van der Waals surface area contributed by atoms with Crippen molar-refractivity contribution < 1.29 is 9.90 Å². The van der Waals surface area contributed by atoms with Crippen LogP contribution in [0.1, 0.15) is 24.2 Å². The van der Waals surface area contributed by atoms with Crippen LogP contribution >= 0.6 is 0 Å². The summed E-state index contributed by atoms with van der Waals surface area (Å²) >= 11 is 0. The molecule has 14 heavy (non-hydrogen) atoms. The normalized spacial score (nSPS) is 11.1. The molecule has 0 bridgehead atoms. The summed E-state index contributed by atoms with van der Waals surface area (Å²) in [6, 6.07) is 6.55. The van der Waals surface area contributed by atoms with Crippen molar-refractivity contribution >= 4 is 5.78 Å². The Balaban J connectivity index is 2.85. The van der Waals surface area contributed by atoms with Gasteiger partial charge in [0, 0.05) is 0 Å². The number of carbonyl (C=O) groups is 1. The van der Waals surface area contributed by atoms with Gasteiger partial charge < -0.3 is 5.11 Å². The number of phenols is 1. The predicted octanol–water partition coefficient (Wildman–Crippen LogP) is 2.79. The fourth-order valence-corrected chi connectivity index (χ4v) is 1.05. The van der Waals surface area contributed by atoms with Crippen molar-refractivity contribution in [2.75, 3.05) is 0 Å². The van der Waals surface area contributed by atoms with E-state index in [4.69, 9.17) is 0 Å². The second-order valence-corrected chi connectivity index (χ2v) is 3.48. The number of phenolic OH excluding ortho intramolecular Hbond substituents is 1. The van der Waals surface area contributed by atoms with E-state index in [0.29, 0.717) is 11.5 Å². The van der Waals surface area contributed by atoms with Crippen molar-refractivity contribution in [3.8, 4) is 5.75 Å². The average Bonchev–Trinajstić information content (AvgIpc) is 2.15. The maximum absolute atomic E-state index is 11.5. The van der Waals surface area contributed by atoms with E-state index in [1.165, 1.54) is 12.1 Å². The largest absolute Gasteiger partial charge is 0.507 e. The second kappa shape index (κ2) is 4.61. The zero-order chi connectivity index (χ0) is 10.6. The molecular formula is C12H14O2. The molecule has 1 aromatic carbocycles. The molecule has 0 amide bonds. The Bertz CT molecular complexity index is 351. The van der Waals surface area contributed by atoms with Crippen LogP contribution in [0.5, 0.6) is 5.75 Å². The first-order valence-electron chi connectivity index (χ1n) is 4.62. The molecule has 0 spiro atoms. The lowest BCUT2D eigenvalue weighted by Crippen LogP contribution is -1.95. The first-order valence-corrected chi connectivity index (χ1v) is 4.62. The molecule has 0 aliphatic rings. The van der Waals surface area contributed by atoms with Gasteiger partial charge in [0.1, 0.15) is 5.75 Å². The molecule has 74 valence electrons. The van der Waals surface area contributed by atoms with E-state index in [-0.39, 0.29) is 11.5 Å². The van der Waals surface area contributed by atoms with Crippen molar-refractivity contribution in [2.45, 2.75) is 13.8 Å². The first-order chi connectivity index (χ1) is 6.61. The molecule has 1 rings (SSSR count). The lowest BCUT2D eigenvalue weighted by atomic mass is 10.1. The molecular weight excluding hydrogens is 176 g/mol. The van der Waals surface area contributed by atoms with E-state index in [9.17, 15) is 9.90 Å². The highest BCUT2D eigenvalue weighted by Crippen LogP contribution is 2.16. The molecule has 0 aliphatic heterocycles. The molecule has 0 aliphatic carbocycles. The van der Waals surface area contributed by atoms with Gasteiger partial charge in [-0.05, 0) is 24.1 Å². The van der Waals surface area contributed by atoms with Crippen molar-refractivity contribution in [1.82, 2.24) is 0 Å². The number of aromatic hydroxyl groups is 1.